The van der Waals surface area contributed by atoms with Gasteiger partial charge in [-0.1, -0.05) is 44.7 Å². The number of carboxylic acids is 1. The van der Waals surface area contributed by atoms with Gasteiger partial charge in [-0.2, -0.15) is 0 Å². The molecule has 0 atom stereocenters. The van der Waals surface area contributed by atoms with Gasteiger partial charge in [0.05, 0.1) is 5.56 Å². The molecule has 0 heterocycles. The summed E-state index contributed by atoms with van der Waals surface area (Å²) >= 11 is 0. The predicted octanol–water partition coefficient (Wildman–Crippen LogP) is 4.53. The van der Waals surface area contributed by atoms with E-state index in [9.17, 15) is 4.79 Å². The van der Waals surface area contributed by atoms with E-state index in [0.29, 0.717) is 5.56 Å². The zero-order valence-electron chi connectivity index (χ0n) is 11.8. The van der Waals surface area contributed by atoms with Crippen molar-refractivity contribution >= 4 is 5.97 Å². The molecule has 0 saturated heterocycles. The van der Waals surface area contributed by atoms with Crippen molar-refractivity contribution < 1.29 is 9.90 Å². The van der Waals surface area contributed by atoms with E-state index in [1.165, 1.54) is 44.1 Å². The molecule has 1 aromatic carbocycles. The lowest BCUT2D eigenvalue weighted by molar-refractivity contribution is 0.0697. The summed E-state index contributed by atoms with van der Waals surface area (Å²) in [5.41, 5.74) is 1.67. The zero-order chi connectivity index (χ0) is 13.7. The summed E-state index contributed by atoms with van der Waals surface area (Å²) in [6.45, 7) is 2.27. The van der Waals surface area contributed by atoms with E-state index in [0.717, 1.165) is 18.3 Å². The van der Waals surface area contributed by atoms with Crippen LogP contribution in [-0.2, 0) is 6.42 Å². The first-order valence-corrected chi connectivity index (χ1v) is 7.51. The summed E-state index contributed by atoms with van der Waals surface area (Å²) in [6, 6.07) is 7.39. The van der Waals surface area contributed by atoms with Gasteiger partial charge >= 0.3 is 5.97 Å². The fourth-order valence-corrected chi connectivity index (χ4v) is 3.25. The first-order chi connectivity index (χ1) is 9.19. The Bertz CT molecular complexity index is 400. The van der Waals surface area contributed by atoms with Crippen molar-refractivity contribution in [1.29, 1.82) is 0 Å². The van der Waals surface area contributed by atoms with Gasteiger partial charge in [-0.25, -0.2) is 4.79 Å². The minimum Gasteiger partial charge on any atom is -0.478 e. The van der Waals surface area contributed by atoms with E-state index >= 15 is 0 Å². The molecule has 1 fully saturated rings. The Kier molecular flexibility index (Phi) is 5.00. The van der Waals surface area contributed by atoms with Crippen LogP contribution >= 0.6 is 0 Å². The molecule has 19 heavy (non-hydrogen) atoms. The molecule has 2 rings (SSSR count). The third kappa shape index (κ3) is 4.09. The molecule has 2 heteroatoms. The summed E-state index contributed by atoms with van der Waals surface area (Å²) < 4.78 is 0. The molecule has 1 aliphatic carbocycles. The Morgan fingerprint density at radius 1 is 1.11 bits per heavy atom. The van der Waals surface area contributed by atoms with Crippen LogP contribution in [0.2, 0.25) is 0 Å². The van der Waals surface area contributed by atoms with Crippen LogP contribution in [0, 0.1) is 11.8 Å². The quantitative estimate of drug-likeness (QED) is 0.844. The van der Waals surface area contributed by atoms with Crippen LogP contribution in [0.3, 0.4) is 0 Å². The van der Waals surface area contributed by atoms with Crippen LogP contribution in [0.4, 0.5) is 0 Å². The molecular weight excluding hydrogens is 236 g/mol. The zero-order valence-corrected chi connectivity index (χ0v) is 11.8. The van der Waals surface area contributed by atoms with Crippen molar-refractivity contribution in [3.05, 3.63) is 35.4 Å². The standard InChI is InChI=1S/C17H24O2/c1-2-3-13-4-6-14(7-5-13)12-15-8-10-16(11-9-15)17(18)19/h8-11,13-14H,2-7,12H2,1H3,(H,18,19). The summed E-state index contributed by atoms with van der Waals surface area (Å²) in [5.74, 6) is 0.908. The van der Waals surface area contributed by atoms with Crippen LogP contribution < -0.4 is 0 Å². The lowest BCUT2D eigenvalue weighted by Gasteiger charge is -2.28. The Hall–Kier alpha value is -1.31. The fraction of sp³-hybridized carbons (Fsp3) is 0.588. The Balaban J connectivity index is 1.83. The maximum absolute atomic E-state index is 10.8. The third-order valence-corrected chi connectivity index (χ3v) is 4.39. The molecule has 0 spiro atoms. The van der Waals surface area contributed by atoms with Crippen molar-refractivity contribution in [2.45, 2.75) is 51.9 Å². The summed E-state index contributed by atoms with van der Waals surface area (Å²) in [7, 11) is 0. The summed E-state index contributed by atoms with van der Waals surface area (Å²) in [5, 5.41) is 8.88. The van der Waals surface area contributed by atoms with Crippen molar-refractivity contribution in [3.63, 3.8) is 0 Å². The number of rotatable bonds is 5. The Morgan fingerprint density at radius 2 is 1.68 bits per heavy atom. The molecule has 104 valence electrons. The highest BCUT2D eigenvalue weighted by atomic mass is 16.4. The van der Waals surface area contributed by atoms with E-state index < -0.39 is 5.97 Å². The number of aromatic carboxylic acids is 1. The molecule has 1 aliphatic rings. The second-order valence-electron chi connectivity index (χ2n) is 5.88. The highest BCUT2D eigenvalue weighted by Gasteiger charge is 2.20. The molecule has 0 aliphatic heterocycles. The first kappa shape index (κ1) is 14.1. The van der Waals surface area contributed by atoms with Crippen LogP contribution in [0.5, 0.6) is 0 Å². The minimum absolute atomic E-state index is 0.385. The van der Waals surface area contributed by atoms with Crippen molar-refractivity contribution in [2.24, 2.45) is 11.8 Å². The average molecular weight is 260 g/mol. The molecule has 1 N–H and O–H groups in total. The number of hydrogen-bond donors (Lipinski definition) is 1. The molecule has 0 bridgehead atoms. The maximum atomic E-state index is 10.8. The van der Waals surface area contributed by atoms with Crippen LogP contribution in [0.1, 0.15) is 61.4 Å². The molecule has 1 aromatic rings. The average Bonchev–Trinajstić information content (AvgIpc) is 2.42. The lowest BCUT2D eigenvalue weighted by Crippen LogP contribution is -2.16. The number of benzene rings is 1. The molecule has 0 unspecified atom stereocenters. The van der Waals surface area contributed by atoms with Crippen molar-refractivity contribution in [2.75, 3.05) is 0 Å². The Labute approximate surface area is 115 Å². The normalized spacial score (nSPS) is 23.2. The lowest BCUT2D eigenvalue weighted by atomic mass is 9.78. The van der Waals surface area contributed by atoms with Gasteiger partial charge in [0.1, 0.15) is 0 Å². The number of hydrogen-bond acceptors (Lipinski definition) is 1. The molecular formula is C17H24O2. The van der Waals surface area contributed by atoms with Crippen LogP contribution in [-0.4, -0.2) is 11.1 Å². The van der Waals surface area contributed by atoms with E-state index in [-0.39, 0.29) is 0 Å². The number of carbonyl (C=O) groups is 1. The van der Waals surface area contributed by atoms with E-state index in [1.807, 2.05) is 12.1 Å². The van der Waals surface area contributed by atoms with Gasteiger partial charge in [-0.05, 0) is 48.8 Å². The van der Waals surface area contributed by atoms with Gasteiger partial charge in [-0.3, -0.25) is 0 Å². The summed E-state index contributed by atoms with van der Waals surface area (Å²) in [6.07, 6.45) is 9.25. The minimum atomic E-state index is -0.841. The molecule has 1 saturated carbocycles. The third-order valence-electron chi connectivity index (χ3n) is 4.39. The fourth-order valence-electron chi connectivity index (χ4n) is 3.25. The van der Waals surface area contributed by atoms with E-state index in [2.05, 4.69) is 6.92 Å². The highest BCUT2D eigenvalue weighted by Crippen LogP contribution is 2.33. The predicted molar refractivity (Wildman–Crippen MR) is 77.5 cm³/mol. The van der Waals surface area contributed by atoms with Gasteiger partial charge in [0, 0.05) is 0 Å². The SMILES string of the molecule is CCCC1CCC(Cc2ccc(C(=O)O)cc2)CC1. The van der Waals surface area contributed by atoms with Crippen LogP contribution in [0.15, 0.2) is 24.3 Å². The second kappa shape index (κ2) is 6.74. The first-order valence-electron chi connectivity index (χ1n) is 7.51. The molecule has 0 amide bonds. The smallest absolute Gasteiger partial charge is 0.335 e. The van der Waals surface area contributed by atoms with Gasteiger partial charge < -0.3 is 5.11 Å². The monoisotopic (exact) mass is 260 g/mol. The highest BCUT2D eigenvalue weighted by molar-refractivity contribution is 5.87. The van der Waals surface area contributed by atoms with Crippen LogP contribution in [0.25, 0.3) is 0 Å². The maximum Gasteiger partial charge on any atom is 0.335 e. The van der Waals surface area contributed by atoms with Gasteiger partial charge in [-0.15, -0.1) is 0 Å². The molecule has 0 aromatic heterocycles. The van der Waals surface area contributed by atoms with Gasteiger partial charge in [0.25, 0.3) is 0 Å². The van der Waals surface area contributed by atoms with Gasteiger partial charge in [0.2, 0.25) is 0 Å². The van der Waals surface area contributed by atoms with Gasteiger partial charge in [0.15, 0.2) is 0 Å². The second-order valence-corrected chi connectivity index (χ2v) is 5.88. The topological polar surface area (TPSA) is 37.3 Å². The largest absolute Gasteiger partial charge is 0.478 e. The molecule has 0 radical (unpaired) electrons. The van der Waals surface area contributed by atoms with E-state index in [4.69, 9.17) is 5.11 Å². The van der Waals surface area contributed by atoms with Crippen molar-refractivity contribution in [1.82, 2.24) is 0 Å². The number of carboxylic acid groups (broad SMARTS) is 1. The van der Waals surface area contributed by atoms with Crippen molar-refractivity contribution in [3.8, 4) is 0 Å². The summed E-state index contributed by atoms with van der Waals surface area (Å²) in [4.78, 5) is 10.8. The molecule has 2 nitrogen and oxygen atoms in total. The van der Waals surface area contributed by atoms with E-state index in [1.54, 1.807) is 12.1 Å². The Morgan fingerprint density at radius 3 is 2.21 bits per heavy atom.